The molecule has 1 heterocycles. The lowest BCUT2D eigenvalue weighted by atomic mass is 9.97. The van der Waals surface area contributed by atoms with Crippen LogP contribution in [0, 0.1) is 23.0 Å². The number of nitro groups is 1. The van der Waals surface area contributed by atoms with Gasteiger partial charge in [0.05, 0.1) is 4.92 Å². The third-order valence-corrected chi connectivity index (χ3v) is 3.38. The first kappa shape index (κ1) is 13.5. The van der Waals surface area contributed by atoms with E-state index in [0.717, 1.165) is 25.9 Å². The van der Waals surface area contributed by atoms with Crippen LogP contribution in [0.2, 0.25) is 0 Å². The smallest absolute Gasteiger partial charge is 0.274 e. The van der Waals surface area contributed by atoms with Crippen molar-refractivity contribution in [2.24, 2.45) is 5.92 Å². The van der Waals surface area contributed by atoms with Crippen LogP contribution in [0.15, 0.2) is 18.2 Å². The zero-order valence-corrected chi connectivity index (χ0v) is 10.8. The largest absolute Gasteiger partial charge is 0.326 e. The van der Waals surface area contributed by atoms with Crippen molar-refractivity contribution in [1.29, 1.82) is 0 Å². The molecule has 19 heavy (non-hydrogen) atoms. The highest BCUT2D eigenvalue weighted by molar-refractivity contribution is 5.93. The van der Waals surface area contributed by atoms with Crippen LogP contribution in [0.3, 0.4) is 0 Å². The number of carbonyl (C=O) groups excluding carboxylic acids is 1. The molecule has 1 fully saturated rings. The number of hydrogen-bond donors (Lipinski definition) is 2. The van der Waals surface area contributed by atoms with Crippen LogP contribution in [0.4, 0.5) is 11.4 Å². The van der Waals surface area contributed by atoms with Crippen molar-refractivity contribution in [2.75, 3.05) is 18.4 Å². The molecule has 6 heteroatoms. The molecular formula is C13H17N3O3. The van der Waals surface area contributed by atoms with Gasteiger partial charge < -0.3 is 10.6 Å². The normalized spacial score (nSPS) is 16.1. The van der Waals surface area contributed by atoms with Crippen LogP contribution in [0.25, 0.3) is 0 Å². The maximum atomic E-state index is 12.0. The zero-order valence-electron chi connectivity index (χ0n) is 10.8. The predicted octanol–water partition coefficient (Wildman–Crippen LogP) is 1.84. The van der Waals surface area contributed by atoms with Crippen LogP contribution in [0.5, 0.6) is 0 Å². The first-order chi connectivity index (χ1) is 9.08. The van der Waals surface area contributed by atoms with Gasteiger partial charge in [-0.05, 0) is 38.9 Å². The molecule has 0 spiro atoms. The van der Waals surface area contributed by atoms with Crippen LogP contribution >= 0.6 is 0 Å². The van der Waals surface area contributed by atoms with Gasteiger partial charge in [-0.2, -0.15) is 0 Å². The number of piperidine rings is 1. The number of aryl methyl sites for hydroxylation is 1. The summed E-state index contributed by atoms with van der Waals surface area (Å²) in [7, 11) is 0. The first-order valence-corrected chi connectivity index (χ1v) is 6.34. The van der Waals surface area contributed by atoms with Crippen LogP contribution < -0.4 is 10.6 Å². The Morgan fingerprint density at radius 2 is 2.11 bits per heavy atom. The van der Waals surface area contributed by atoms with E-state index in [1.165, 1.54) is 6.07 Å². The summed E-state index contributed by atoms with van der Waals surface area (Å²) in [5.74, 6) is -0.0683. The first-order valence-electron chi connectivity index (χ1n) is 6.34. The molecule has 1 amide bonds. The average Bonchev–Trinajstić information content (AvgIpc) is 2.41. The molecule has 0 aromatic heterocycles. The van der Waals surface area contributed by atoms with E-state index in [0.29, 0.717) is 11.3 Å². The minimum atomic E-state index is -0.435. The summed E-state index contributed by atoms with van der Waals surface area (Å²) >= 11 is 0. The molecule has 2 rings (SSSR count). The Hall–Kier alpha value is -1.95. The van der Waals surface area contributed by atoms with Crippen LogP contribution in [-0.4, -0.2) is 23.9 Å². The summed E-state index contributed by atoms with van der Waals surface area (Å²) in [4.78, 5) is 22.4. The van der Waals surface area contributed by atoms with Crippen molar-refractivity contribution in [2.45, 2.75) is 19.8 Å². The van der Waals surface area contributed by atoms with E-state index in [1.807, 2.05) is 0 Å². The van der Waals surface area contributed by atoms with E-state index in [-0.39, 0.29) is 17.5 Å². The zero-order chi connectivity index (χ0) is 13.8. The number of nitrogens with one attached hydrogen (secondary N) is 2. The van der Waals surface area contributed by atoms with Gasteiger partial charge in [-0.1, -0.05) is 6.07 Å². The van der Waals surface area contributed by atoms with Crippen LogP contribution in [-0.2, 0) is 4.79 Å². The van der Waals surface area contributed by atoms with Gasteiger partial charge in [0.15, 0.2) is 0 Å². The fraction of sp³-hybridized carbons (Fsp3) is 0.462. The van der Waals surface area contributed by atoms with Gasteiger partial charge in [0.2, 0.25) is 5.91 Å². The number of carbonyl (C=O) groups is 1. The third-order valence-electron chi connectivity index (χ3n) is 3.38. The molecule has 0 saturated carbocycles. The lowest BCUT2D eigenvalue weighted by Crippen LogP contribution is -2.34. The topological polar surface area (TPSA) is 84.3 Å². The Balaban J connectivity index is 2.08. The molecule has 1 aromatic rings. The molecule has 102 valence electrons. The van der Waals surface area contributed by atoms with Gasteiger partial charge in [0.1, 0.15) is 0 Å². The molecule has 0 bridgehead atoms. The Morgan fingerprint density at radius 1 is 1.42 bits per heavy atom. The molecule has 1 saturated heterocycles. The second-order valence-electron chi connectivity index (χ2n) is 4.77. The molecule has 1 aliphatic heterocycles. The molecule has 0 aliphatic carbocycles. The number of anilines is 1. The summed E-state index contributed by atoms with van der Waals surface area (Å²) in [5.41, 5.74) is 1.11. The highest BCUT2D eigenvalue weighted by atomic mass is 16.6. The number of nitrogens with zero attached hydrogens (tertiary/aromatic N) is 1. The lowest BCUT2D eigenvalue weighted by Gasteiger charge is -2.21. The molecule has 1 aromatic carbocycles. The summed E-state index contributed by atoms with van der Waals surface area (Å²) in [6, 6.07) is 4.76. The molecule has 6 nitrogen and oxygen atoms in total. The highest BCUT2D eigenvalue weighted by Gasteiger charge is 2.21. The van der Waals surface area contributed by atoms with Gasteiger partial charge in [0.25, 0.3) is 5.69 Å². The maximum absolute atomic E-state index is 12.0. The molecule has 2 N–H and O–H groups in total. The number of hydrogen-bond acceptors (Lipinski definition) is 4. The van der Waals surface area contributed by atoms with E-state index < -0.39 is 4.92 Å². The van der Waals surface area contributed by atoms with Gasteiger partial charge in [-0.25, -0.2) is 0 Å². The van der Waals surface area contributed by atoms with E-state index in [9.17, 15) is 14.9 Å². The quantitative estimate of drug-likeness (QED) is 0.643. The molecule has 0 atom stereocenters. The molecule has 0 radical (unpaired) electrons. The fourth-order valence-electron chi connectivity index (χ4n) is 2.21. The maximum Gasteiger partial charge on any atom is 0.274 e. The van der Waals surface area contributed by atoms with Gasteiger partial charge >= 0.3 is 0 Å². The summed E-state index contributed by atoms with van der Waals surface area (Å²) in [5, 5.41) is 16.8. The van der Waals surface area contributed by atoms with Crippen molar-refractivity contribution in [3.05, 3.63) is 33.9 Å². The van der Waals surface area contributed by atoms with Gasteiger partial charge in [-0.3, -0.25) is 14.9 Å². The molecule has 1 aliphatic rings. The summed E-state index contributed by atoms with van der Waals surface area (Å²) in [6.45, 7) is 3.36. The summed E-state index contributed by atoms with van der Waals surface area (Å²) < 4.78 is 0. The van der Waals surface area contributed by atoms with E-state index >= 15 is 0 Å². The molecule has 0 unspecified atom stereocenters. The van der Waals surface area contributed by atoms with E-state index in [1.54, 1.807) is 19.1 Å². The average molecular weight is 263 g/mol. The van der Waals surface area contributed by atoms with E-state index in [4.69, 9.17) is 0 Å². The minimum absolute atomic E-state index is 0.0124. The van der Waals surface area contributed by atoms with Crippen molar-refractivity contribution in [3.63, 3.8) is 0 Å². The Labute approximate surface area is 111 Å². The number of rotatable bonds is 3. The predicted molar refractivity (Wildman–Crippen MR) is 72.1 cm³/mol. The summed E-state index contributed by atoms with van der Waals surface area (Å²) in [6.07, 6.45) is 1.61. The third kappa shape index (κ3) is 3.29. The standard InChI is InChI=1S/C13H17N3O3/c1-9-2-3-11(8-12(9)16(18)19)15-13(17)10-4-6-14-7-5-10/h2-3,8,10,14H,4-7H2,1H3,(H,15,17). The fourth-order valence-corrected chi connectivity index (χ4v) is 2.21. The molecular weight excluding hydrogens is 246 g/mol. The van der Waals surface area contributed by atoms with Gasteiger partial charge in [0, 0.05) is 23.2 Å². The Bertz CT molecular complexity index is 496. The number of nitro benzene ring substituents is 1. The second-order valence-corrected chi connectivity index (χ2v) is 4.77. The number of amides is 1. The Kier molecular flexibility index (Phi) is 4.11. The number of benzene rings is 1. The minimum Gasteiger partial charge on any atom is -0.326 e. The van der Waals surface area contributed by atoms with Gasteiger partial charge in [-0.15, -0.1) is 0 Å². The van der Waals surface area contributed by atoms with Crippen LogP contribution in [0.1, 0.15) is 18.4 Å². The monoisotopic (exact) mass is 263 g/mol. The second kappa shape index (κ2) is 5.79. The van der Waals surface area contributed by atoms with E-state index in [2.05, 4.69) is 10.6 Å². The SMILES string of the molecule is Cc1ccc(NC(=O)C2CCNCC2)cc1[N+](=O)[O-]. The highest BCUT2D eigenvalue weighted by Crippen LogP contribution is 2.23. The van der Waals surface area contributed by atoms with Crippen molar-refractivity contribution >= 4 is 17.3 Å². The van der Waals surface area contributed by atoms with Crippen molar-refractivity contribution in [3.8, 4) is 0 Å². The van der Waals surface area contributed by atoms with Crippen molar-refractivity contribution in [1.82, 2.24) is 5.32 Å². The Morgan fingerprint density at radius 3 is 2.74 bits per heavy atom. The van der Waals surface area contributed by atoms with Crippen molar-refractivity contribution < 1.29 is 9.72 Å². The lowest BCUT2D eigenvalue weighted by molar-refractivity contribution is -0.385.